The fourth-order valence-corrected chi connectivity index (χ4v) is 1.80. The molecule has 2 rings (SSSR count). The minimum absolute atomic E-state index is 0.108. The molecule has 1 saturated carbocycles. The Morgan fingerprint density at radius 2 is 2.00 bits per heavy atom. The molecule has 1 aromatic rings. The second-order valence-corrected chi connectivity index (χ2v) is 3.98. The van der Waals surface area contributed by atoms with Gasteiger partial charge in [-0.25, -0.2) is 8.78 Å². The van der Waals surface area contributed by atoms with Crippen LogP contribution in [0.15, 0.2) is 18.2 Å². The van der Waals surface area contributed by atoms with Crippen LogP contribution in [0.2, 0.25) is 5.02 Å². The quantitative estimate of drug-likeness (QED) is 0.808. The smallest absolute Gasteiger partial charge is 0.263 e. The van der Waals surface area contributed by atoms with Gasteiger partial charge in [-0.3, -0.25) is 0 Å². The number of aliphatic hydroxyl groups is 1. The zero-order chi connectivity index (χ0) is 10.3. The fraction of sp³-hybridized carbons (Fsp3) is 0.400. The van der Waals surface area contributed by atoms with E-state index in [0.29, 0.717) is 18.4 Å². The van der Waals surface area contributed by atoms with Crippen molar-refractivity contribution in [2.75, 3.05) is 0 Å². The molecule has 1 nitrogen and oxygen atoms in total. The first-order chi connectivity index (χ1) is 6.53. The van der Waals surface area contributed by atoms with Gasteiger partial charge in [0.15, 0.2) is 0 Å². The van der Waals surface area contributed by atoms with E-state index in [1.807, 2.05) is 0 Å². The third-order valence-corrected chi connectivity index (χ3v) is 2.78. The molecule has 14 heavy (non-hydrogen) atoms. The molecule has 1 N–H and O–H groups in total. The van der Waals surface area contributed by atoms with E-state index in [-0.39, 0.29) is 10.6 Å². The summed E-state index contributed by atoms with van der Waals surface area (Å²) in [5, 5.41) is 9.96. The topological polar surface area (TPSA) is 20.2 Å². The molecule has 0 radical (unpaired) electrons. The largest absolute Gasteiger partial charge is 0.385 e. The molecule has 0 unspecified atom stereocenters. The van der Waals surface area contributed by atoms with Gasteiger partial charge in [0.25, 0.3) is 6.43 Å². The summed E-state index contributed by atoms with van der Waals surface area (Å²) in [4.78, 5) is 0. The van der Waals surface area contributed by atoms with E-state index < -0.39 is 12.0 Å². The summed E-state index contributed by atoms with van der Waals surface area (Å²) in [6, 6.07) is 4.01. The SMILES string of the molecule is OC1(c2ccc(C(F)F)cc2Cl)CC1. The van der Waals surface area contributed by atoms with Crippen molar-refractivity contribution in [1.82, 2.24) is 0 Å². The lowest BCUT2D eigenvalue weighted by Gasteiger charge is -2.11. The fourth-order valence-electron chi connectivity index (χ4n) is 1.43. The molecule has 1 fully saturated rings. The van der Waals surface area contributed by atoms with Crippen molar-refractivity contribution in [3.05, 3.63) is 34.3 Å². The van der Waals surface area contributed by atoms with E-state index in [4.69, 9.17) is 11.6 Å². The van der Waals surface area contributed by atoms with Crippen molar-refractivity contribution < 1.29 is 13.9 Å². The molecule has 0 amide bonds. The molecule has 0 heterocycles. The van der Waals surface area contributed by atoms with Crippen LogP contribution in [0.3, 0.4) is 0 Å². The third kappa shape index (κ3) is 1.62. The molecule has 0 spiro atoms. The molecule has 0 aliphatic heterocycles. The van der Waals surface area contributed by atoms with Crippen LogP contribution in [0.25, 0.3) is 0 Å². The number of benzene rings is 1. The molecule has 0 aromatic heterocycles. The number of hydrogen-bond acceptors (Lipinski definition) is 1. The standard InChI is InChI=1S/C10H9ClF2O/c11-8-5-6(9(12)13)1-2-7(8)10(14)3-4-10/h1-2,5,9,14H,3-4H2. The maximum absolute atomic E-state index is 12.3. The molecule has 1 aliphatic carbocycles. The van der Waals surface area contributed by atoms with Gasteiger partial charge in [0.2, 0.25) is 0 Å². The Bertz CT molecular complexity index is 361. The number of hydrogen-bond donors (Lipinski definition) is 1. The van der Waals surface area contributed by atoms with Gasteiger partial charge in [0.05, 0.1) is 5.60 Å². The van der Waals surface area contributed by atoms with Crippen LogP contribution < -0.4 is 0 Å². The molecule has 4 heteroatoms. The summed E-state index contributed by atoms with van der Waals surface area (Å²) in [5.74, 6) is 0. The summed E-state index contributed by atoms with van der Waals surface area (Å²) < 4.78 is 24.5. The molecule has 0 bridgehead atoms. The molecule has 76 valence electrons. The van der Waals surface area contributed by atoms with Gasteiger partial charge in [-0.05, 0) is 18.9 Å². The lowest BCUT2D eigenvalue weighted by Crippen LogP contribution is -2.05. The summed E-state index contributed by atoms with van der Waals surface area (Å²) in [6.07, 6.45) is -1.21. The first kappa shape index (κ1) is 9.87. The lowest BCUT2D eigenvalue weighted by atomic mass is 10.1. The zero-order valence-corrected chi connectivity index (χ0v) is 8.06. The summed E-state index contributed by atoms with van der Waals surface area (Å²) >= 11 is 5.80. The molecule has 1 aromatic carbocycles. The van der Waals surface area contributed by atoms with E-state index >= 15 is 0 Å². The lowest BCUT2D eigenvalue weighted by molar-refractivity contribution is 0.147. The Balaban J connectivity index is 2.37. The Morgan fingerprint density at radius 1 is 1.36 bits per heavy atom. The minimum Gasteiger partial charge on any atom is -0.385 e. The van der Waals surface area contributed by atoms with Crippen molar-refractivity contribution in [1.29, 1.82) is 0 Å². The maximum Gasteiger partial charge on any atom is 0.263 e. The molecular weight excluding hydrogens is 210 g/mol. The first-order valence-electron chi connectivity index (χ1n) is 4.33. The van der Waals surface area contributed by atoms with Gasteiger partial charge in [-0.15, -0.1) is 0 Å². The summed E-state index contributed by atoms with van der Waals surface area (Å²) in [6.45, 7) is 0. The highest BCUT2D eigenvalue weighted by Gasteiger charge is 2.43. The van der Waals surface area contributed by atoms with E-state index in [1.54, 1.807) is 0 Å². The Kier molecular flexibility index (Phi) is 2.24. The summed E-state index contributed by atoms with van der Waals surface area (Å²) in [5.41, 5.74) is -0.413. The second kappa shape index (κ2) is 3.17. The Hall–Kier alpha value is -0.670. The number of halogens is 3. The number of rotatable bonds is 2. The van der Waals surface area contributed by atoms with Crippen molar-refractivity contribution in [3.63, 3.8) is 0 Å². The van der Waals surface area contributed by atoms with Crippen molar-refractivity contribution in [3.8, 4) is 0 Å². The monoisotopic (exact) mass is 218 g/mol. The Morgan fingerprint density at radius 3 is 2.43 bits per heavy atom. The zero-order valence-electron chi connectivity index (χ0n) is 7.30. The van der Waals surface area contributed by atoms with Gasteiger partial charge in [-0.2, -0.15) is 0 Å². The van der Waals surface area contributed by atoms with E-state index in [2.05, 4.69) is 0 Å². The average Bonchev–Trinajstić information content (AvgIpc) is 2.84. The van der Waals surface area contributed by atoms with E-state index in [0.717, 1.165) is 0 Å². The highest BCUT2D eigenvalue weighted by molar-refractivity contribution is 6.31. The van der Waals surface area contributed by atoms with Crippen molar-refractivity contribution >= 4 is 11.6 Å². The van der Waals surface area contributed by atoms with Gasteiger partial charge in [-0.1, -0.05) is 23.7 Å². The number of alkyl halides is 2. The minimum atomic E-state index is -2.52. The van der Waals surface area contributed by atoms with Crippen LogP contribution in [0.1, 0.15) is 30.4 Å². The average molecular weight is 219 g/mol. The summed E-state index contributed by atoms with van der Waals surface area (Å²) in [7, 11) is 0. The third-order valence-electron chi connectivity index (χ3n) is 2.47. The van der Waals surface area contributed by atoms with Crippen molar-refractivity contribution in [2.45, 2.75) is 24.9 Å². The van der Waals surface area contributed by atoms with Gasteiger partial charge >= 0.3 is 0 Å². The van der Waals surface area contributed by atoms with Crippen LogP contribution in [-0.4, -0.2) is 5.11 Å². The molecule has 1 aliphatic rings. The van der Waals surface area contributed by atoms with Crippen LogP contribution in [0.5, 0.6) is 0 Å². The molecular formula is C10H9ClF2O. The Labute approximate surface area is 85.3 Å². The second-order valence-electron chi connectivity index (χ2n) is 3.57. The first-order valence-corrected chi connectivity index (χ1v) is 4.71. The van der Waals surface area contributed by atoms with E-state index in [9.17, 15) is 13.9 Å². The maximum atomic E-state index is 12.3. The van der Waals surface area contributed by atoms with Crippen LogP contribution >= 0.6 is 11.6 Å². The highest BCUT2D eigenvalue weighted by Crippen LogP contribution is 2.48. The van der Waals surface area contributed by atoms with E-state index in [1.165, 1.54) is 18.2 Å². The van der Waals surface area contributed by atoms with Gasteiger partial charge < -0.3 is 5.11 Å². The van der Waals surface area contributed by atoms with Crippen molar-refractivity contribution in [2.24, 2.45) is 0 Å². The van der Waals surface area contributed by atoms with Gasteiger partial charge in [0.1, 0.15) is 0 Å². The molecule has 0 saturated heterocycles. The predicted molar refractivity (Wildman–Crippen MR) is 49.5 cm³/mol. The van der Waals surface area contributed by atoms with Gasteiger partial charge in [0, 0.05) is 16.1 Å². The normalized spacial score (nSPS) is 18.6. The highest BCUT2D eigenvalue weighted by atomic mass is 35.5. The van der Waals surface area contributed by atoms with Crippen LogP contribution in [0, 0.1) is 0 Å². The van der Waals surface area contributed by atoms with Crippen LogP contribution in [0.4, 0.5) is 8.78 Å². The predicted octanol–water partition coefficient (Wildman–Crippen LogP) is 3.26. The van der Waals surface area contributed by atoms with Crippen LogP contribution in [-0.2, 0) is 5.60 Å². The molecule has 0 atom stereocenters.